The van der Waals surface area contributed by atoms with Gasteiger partial charge in [-0.05, 0) is 66.2 Å². The molecule has 1 saturated heterocycles. The lowest BCUT2D eigenvalue weighted by molar-refractivity contribution is 0.00109. The van der Waals surface area contributed by atoms with Gasteiger partial charge in [-0.15, -0.1) is 0 Å². The van der Waals surface area contributed by atoms with E-state index in [-0.39, 0.29) is 5.91 Å². The maximum atomic E-state index is 13.1. The maximum Gasteiger partial charge on any atom is 0.252 e. The molecule has 1 fully saturated rings. The summed E-state index contributed by atoms with van der Waals surface area (Å²) in [6.45, 7) is 3.49. The van der Waals surface area contributed by atoms with Crippen LogP contribution in [0.5, 0.6) is 0 Å². The molecule has 0 bridgehead atoms. The molecule has 1 amide bonds. The lowest BCUT2D eigenvalue weighted by atomic mass is 9.93. The van der Waals surface area contributed by atoms with Gasteiger partial charge in [-0.3, -0.25) is 4.79 Å². The minimum absolute atomic E-state index is 0.239. The Kier molecular flexibility index (Phi) is 5.54. The Balaban J connectivity index is 1.81. The van der Waals surface area contributed by atoms with Crippen LogP contribution in [0.1, 0.15) is 36.5 Å². The van der Waals surface area contributed by atoms with Gasteiger partial charge in [0.2, 0.25) is 0 Å². The number of rotatable bonds is 4. The quantitative estimate of drug-likeness (QED) is 0.908. The van der Waals surface area contributed by atoms with E-state index in [2.05, 4.69) is 28.2 Å². The van der Waals surface area contributed by atoms with Crippen LogP contribution in [-0.4, -0.2) is 25.2 Å². The van der Waals surface area contributed by atoms with Crippen molar-refractivity contribution in [2.75, 3.05) is 13.2 Å². The third-order valence-corrected chi connectivity index (χ3v) is 4.30. The molecule has 1 aliphatic rings. The third kappa shape index (κ3) is 4.28. The second-order valence-electron chi connectivity index (χ2n) is 5.24. The van der Waals surface area contributed by atoms with E-state index in [1.807, 2.05) is 0 Å². The summed E-state index contributed by atoms with van der Waals surface area (Å²) in [5.41, 5.74) is 0.338. The van der Waals surface area contributed by atoms with Crippen LogP contribution in [0.4, 0.5) is 4.39 Å². The Labute approximate surface area is 127 Å². The van der Waals surface area contributed by atoms with Gasteiger partial charge in [0.05, 0.1) is 11.7 Å². The van der Waals surface area contributed by atoms with Crippen LogP contribution in [-0.2, 0) is 4.74 Å². The fraction of sp³-hybridized carbons (Fsp3) is 0.533. The molecular formula is C15H19BrFNO2. The molecule has 20 heavy (non-hydrogen) atoms. The van der Waals surface area contributed by atoms with E-state index in [4.69, 9.17) is 4.74 Å². The number of carbonyl (C=O) groups is 1. The summed E-state index contributed by atoms with van der Waals surface area (Å²) < 4.78 is 19.3. The van der Waals surface area contributed by atoms with E-state index in [1.54, 1.807) is 6.07 Å². The molecule has 2 rings (SSSR count). The average molecular weight is 344 g/mol. The fourth-order valence-electron chi connectivity index (χ4n) is 2.51. The Morgan fingerprint density at radius 1 is 1.55 bits per heavy atom. The average Bonchev–Trinajstić information content (AvgIpc) is 2.41. The number of amides is 1. The largest absolute Gasteiger partial charge is 0.378 e. The molecule has 5 heteroatoms. The van der Waals surface area contributed by atoms with E-state index in [1.165, 1.54) is 12.1 Å². The van der Waals surface area contributed by atoms with Gasteiger partial charge in [-0.2, -0.15) is 0 Å². The number of ether oxygens (including phenoxy) is 1. The van der Waals surface area contributed by atoms with E-state index >= 15 is 0 Å². The van der Waals surface area contributed by atoms with Crippen molar-refractivity contribution in [1.29, 1.82) is 0 Å². The Morgan fingerprint density at radius 3 is 3.10 bits per heavy atom. The van der Waals surface area contributed by atoms with Crippen LogP contribution < -0.4 is 5.32 Å². The van der Waals surface area contributed by atoms with Gasteiger partial charge in [0.25, 0.3) is 5.91 Å². The third-order valence-electron chi connectivity index (χ3n) is 3.60. The molecule has 0 spiro atoms. The Bertz CT molecular complexity index is 481. The highest BCUT2D eigenvalue weighted by molar-refractivity contribution is 9.10. The van der Waals surface area contributed by atoms with Gasteiger partial charge in [0.1, 0.15) is 5.82 Å². The zero-order chi connectivity index (χ0) is 14.5. The number of hydrogen-bond acceptors (Lipinski definition) is 2. The van der Waals surface area contributed by atoms with E-state index < -0.39 is 5.82 Å². The topological polar surface area (TPSA) is 38.3 Å². The van der Waals surface area contributed by atoms with Crippen LogP contribution in [0.3, 0.4) is 0 Å². The summed E-state index contributed by atoms with van der Waals surface area (Å²) in [6.07, 6.45) is 3.33. The van der Waals surface area contributed by atoms with Crippen LogP contribution in [0, 0.1) is 11.7 Å². The normalized spacial score (nSPS) is 22.6. The zero-order valence-electron chi connectivity index (χ0n) is 11.5. The van der Waals surface area contributed by atoms with E-state index in [9.17, 15) is 9.18 Å². The number of hydrogen-bond donors (Lipinski definition) is 1. The van der Waals surface area contributed by atoms with Crippen molar-refractivity contribution in [3.8, 4) is 0 Å². The van der Waals surface area contributed by atoms with Crippen LogP contribution in [0.2, 0.25) is 0 Å². The van der Waals surface area contributed by atoms with Crippen molar-refractivity contribution in [1.82, 2.24) is 5.32 Å². The van der Waals surface area contributed by atoms with Crippen molar-refractivity contribution in [3.63, 3.8) is 0 Å². The molecule has 110 valence electrons. The number of nitrogens with one attached hydrogen (secondary N) is 1. The molecule has 2 atom stereocenters. The first-order valence-electron chi connectivity index (χ1n) is 6.91. The highest BCUT2D eigenvalue weighted by Gasteiger charge is 2.19. The molecule has 1 aromatic carbocycles. The number of halogens is 2. The van der Waals surface area contributed by atoms with Gasteiger partial charge in [0, 0.05) is 17.6 Å². The SMILES string of the molecule is CC1CC(CCNC(=O)c2cc(F)ccc2Br)CCO1. The predicted molar refractivity (Wildman–Crippen MR) is 79.2 cm³/mol. The summed E-state index contributed by atoms with van der Waals surface area (Å²) >= 11 is 3.26. The first-order valence-corrected chi connectivity index (χ1v) is 7.70. The maximum absolute atomic E-state index is 13.1. The Hall–Kier alpha value is -0.940. The first-order chi connectivity index (χ1) is 9.56. The standard InChI is InChI=1S/C15H19BrFNO2/c1-10-8-11(5-7-20-10)4-6-18-15(19)13-9-12(17)2-3-14(13)16/h2-3,9-11H,4-8H2,1H3,(H,18,19). The van der Waals surface area contributed by atoms with Crippen molar-refractivity contribution < 1.29 is 13.9 Å². The smallest absolute Gasteiger partial charge is 0.252 e. The molecule has 1 heterocycles. The molecule has 0 saturated carbocycles. The molecular weight excluding hydrogens is 325 g/mol. The molecule has 1 aromatic rings. The van der Waals surface area contributed by atoms with Gasteiger partial charge in [-0.25, -0.2) is 4.39 Å². The first kappa shape index (κ1) is 15.4. The molecule has 0 aromatic heterocycles. The van der Waals surface area contributed by atoms with Crippen molar-refractivity contribution in [3.05, 3.63) is 34.1 Å². The molecule has 1 N–H and O–H groups in total. The number of carbonyl (C=O) groups excluding carboxylic acids is 1. The summed E-state index contributed by atoms with van der Waals surface area (Å²) in [5, 5.41) is 2.85. The van der Waals surface area contributed by atoms with Gasteiger partial charge >= 0.3 is 0 Å². The van der Waals surface area contributed by atoms with Crippen LogP contribution in [0.25, 0.3) is 0 Å². The molecule has 0 radical (unpaired) electrons. The highest BCUT2D eigenvalue weighted by Crippen LogP contribution is 2.22. The van der Waals surface area contributed by atoms with Crippen molar-refractivity contribution in [2.45, 2.75) is 32.3 Å². The lowest BCUT2D eigenvalue weighted by Gasteiger charge is -2.27. The number of benzene rings is 1. The van der Waals surface area contributed by atoms with Gasteiger partial charge < -0.3 is 10.1 Å². The second kappa shape index (κ2) is 7.18. The summed E-state index contributed by atoms with van der Waals surface area (Å²) in [6, 6.07) is 4.12. The molecule has 3 nitrogen and oxygen atoms in total. The van der Waals surface area contributed by atoms with E-state index in [0.29, 0.717) is 28.6 Å². The summed E-state index contributed by atoms with van der Waals surface area (Å²) in [5.74, 6) is -0.0527. The zero-order valence-corrected chi connectivity index (χ0v) is 13.1. The van der Waals surface area contributed by atoms with Crippen LogP contribution >= 0.6 is 15.9 Å². The lowest BCUT2D eigenvalue weighted by Crippen LogP contribution is -2.29. The highest BCUT2D eigenvalue weighted by atomic mass is 79.9. The van der Waals surface area contributed by atoms with Crippen molar-refractivity contribution in [2.24, 2.45) is 5.92 Å². The minimum atomic E-state index is -0.406. The molecule has 2 unspecified atom stereocenters. The van der Waals surface area contributed by atoms with Gasteiger partial charge in [0.15, 0.2) is 0 Å². The predicted octanol–water partition coefficient (Wildman–Crippen LogP) is 3.52. The van der Waals surface area contributed by atoms with Gasteiger partial charge in [-0.1, -0.05) is 0 Å². The summed E-state index contributed by atoms with van der Waals surface area (Å²) in [4.78, 5) is 12.0. The molecule has 1 aliphatic heterocycles. The fourth-order valence-corrected chi connectivity index (χ4v) is 2.94. The second-order valence-corrected chi connectivity index (χ2v) is 6.09. The summed E-state index contributed by atoms with van der Waals surface area (Å²) in [7, 11) is 0. The van der Waals surface area contributed by atoms with E-state index in [0.717, 1.165) is 25.9 Å². The van der Waals surface area contributed by atoms with Crippen LogP contribution in [0.15, 0.2) is 22.7 Å². The molecule has 0 aliphatic carbocycles. The minimum Gasteiger partial charge on any atom is -0.378 e. The Morgan fingerprint density at radius 2 is 2.35 bits per heavy atom. The van der Waals surface area contributed by atoms with Crippen molar-refractivity contribution >= 4 is 21.8 Å². The monoisotopic (exact) mass is 343 g/mol.